The summed E-state index contributed by atoms with van der Waals surface area (Å²) in [5, 5.41) is 2.81. The Morgan fingerprint density at radius 3 is 2.67 bits per heavy atom. The lowest BCUT2D eigenvalue weighted by Crippen LogP contribution is -2.47. The number of fused-ring (bicyclic) bond motifs is 2. The fourth-order valence-electron chi connectivity index (χ4n) is 3.49. The standard InChI is InChI=1S/C21H24FN3O5/c1-21(2,3)30-18(27)10-14(16(26)11-22)24-19(28)15-8-9-17-23-13-7-5-4-6-12(13)20(29)25(15)17/h4-7,14-15H,8-11H2,1-3H3,(H,24,28). The number of halogens is 1. The number of nitrogens with zero attached hydrogens (tertiary/aromatic N) is 2. The second-order valence-corrected chi connectivity index (χ2v) is 8.23. The number of para-hydroxylation sites is 1. The Balaban J connectivity index is 1.83. The van der Waals surface area contributed by atoms with E-state index in [-0.39, 0.29) is 5.56 Å². The van der Waals surface area contributed by atoms with Crippen molar-refractivity contribution in [1.82, 2.24) is 14.9 Å². The highest BCUT2D eigenvalue weighted by Gasteiger charge is 2.34. The van der Waals surface area contributed by atoms with Crippen molar-refractivity contribution in [2.45, 2.75) is 57.7 Å². The summed E-state index contributed by atoms with van der Waals surface area (Å²) in [4.78, 5) is 54.3. The highest BCUT2D eigenvalue weighted by molar-refractivity contribution is 5.94. The first-order valence-corrected chi connectivity index (χ1v) is 9.72. The van der Waals surface area contributed by atoms with Gasteiger partial charge in [0.25, 0.3) is 5.56 Å². The van der Waals surface area contributed by atoms with Gasteiger partial charge in [-0.25, -0.2) is 9.37 Å². The normalized spacial score (nSPS) is 16.7. The summed E-state index contributed by atoms with van der Waals surface area (Å²) >= 11 is 0. The predicted octanol–water partition coefficient (Wildman–Crippen LogP) is 1.64. The molecule has 0 aliphatic carbocycles. The number of carbonyl (C=O) groups is 3. The van der Waals surface area contributed by atoms with Gasteiger partial charge in [0.2, 0.25) is 5.91 Å². The van der Waals surface area contributed by atoms with Crippen molar-refractivity contribution < 1.29 is 23.5 Å². The van der Waals surface area contributed by atoms with Gasteiger partial charge in [-0.2, -0.15) is 0 Å². The minimum absolute atomic E-state index is 0.313. The minimum atomic E-state index is -1.37. The molecule has 2 atom stereocenters. The van der Waals surface area contributed by atoms with Crippen LogP contribution in [0.15, 0.2) is 29.1 Å². The molecule has 3 rings (SSSR count). The van der Waals surface area contributed by atoms with Gasteiger partial charge >= 0.3 is 5.97 Å². The first-order chi connectivity index (χ1) is 14.1. The Hall–Kier alpha value is -3.10. The van der Waals surface area contributed by atoms with Crippen molar-refractivity contribution in [2.24, 2.45) is 0 Å². The Kier molecular flexibility index (Phi) is 6.00. The van der Waals surface area contributed by atoms with E-state index in [0.29, 0.717) is 29.6 Å². The molecular weight excluding hydrogens is 393 g/mol. The number of alkyl halides is 1. The van der Waals surface area contributed by atoms with Crippen LogP contribution in [0.4, 0.5) is 4.39 Å². The maximum atomic E-state index is 13.0. The molecule has 8 nitrogen and oxygen atoms in total. The number of aryl methyl sites for hydroxylation is 1. The molecule has 160 valence electrons. The summed E-state index contributed by atoms with van der Waals surface area (Å²) in [6.45, 7) is 3.65. The summed E-state index contributed by atoms with van der Waals surface area (Å²) in [5.74, 6) is -1.83. The van der Waals surface area contributed by atoms with Gasteiger partial charge in [-0.05, 0) is 39.3 Å². The molecule has 9 heteroatoms. The summed E-state index contributed by atoms with van der Waals surface area (Å²) < 4.78 is 19.5. The van der Waals surface area contributed by atoms with Gasteiger partial charge in [0, 0.05) is 6.42 Å². The number of hydrogen-bond donors (Lipinski definition) is 1. The number of hydrogen-bond acceptors (Lipinski definition) is 6. The lowest BCUT2D eigenvalue weighted by Gasteiger charge is -2.23. The van der Waals surface area contributed by atoms with Crippen LogP contribution in [0.3, 0.4) is 0 Å². The van der Waals surface area contributed by atoms with Crippen molar-refractivity contribution in [3.05, 3.63) is 40.4 Å². The van der Waals surface area contributed by atoms with E-state index < -0.39 is 48.4 Å². The SMILES string of the molecule is CC(C)(C)OC(=O)CC(NC(=O)C1CCc2nc3ccccc3c(=O)n21)C(=O)CF. The van der Waals surface area contributed by atoms with Crippen molar-refractivity contribution in [1.29, 1.82) is 0 Å². The van der Waals surface area contributed by atoms with E-state index in [1.54, 1.807) is 45.0 Å². The third kappa shape index (κ3) is 4.55. The molecule has 2 unspecified atom stereocenters. The van der Waals surface area contributed by atoms with Crippen LogP contribution < -0.4 is 10.9 Å². The maximum absolute atomic E-state index is 13.0. The van der Waals surface area contributed by atoms with E-state index in [0.717, 1.165) is 0 Å². The molecule has 0 spiro atoms. The van der Waals surface area contributed by atoms with Gasteiger partial charge in [0.1, 0.15) is 30.2 Å². The summed E-state index contributed by atoms with van der Waals surface area (Å²) in [6, 6.07) is 4.57. The molecule has 2 aromatic rings. The first-order valence-electron chi connectivity index (χ1n) is 9.72. The number of rotatable bonds is 6. The fraction of sp³-hybridized carbons (Fsp3) is 0.476. The van der Waals surface area contributed by atoms with E-state index in [4.69, 9.17) is 4.74 Å². The van der Waals surface area contributed by atoms with E-state index >= 15 is 0 Å². The molecule has 1 aromatic carbocycles. The fourth-order valence-corrected chi connectivity index (χ4v) is 3.49. The van der Waals surface area contributed by atoms with Gasteiger partial charge < -0.3 is 10.1 Å². The van der Waals surface area contributed by atoms with Crippen molar-refractivity contribution in [3.8, 4) is 0 Å². The van der Waals surface area contributed by atoms with Crippen LogP contribution in [-0.4, -0.2) is 45.5 Å². The number of nitrogens with one attached hydrogen (secondary N) is 1. The molecule has 1 amide bonds. The van der Waals surface area contributed by atoms with Gasteiger partial charge in [-0.15, -0.1) is 0 Å². The van der Waals surface area contributed by atoms with Gasteiger partial charge in [0.05, 0.1) is 17.3 Å². The predicted molar refractivity (Wildman–Crippen MR) is 107 cm³/mol. The Bertz CT molecular complexity index is 1060. The third-order valence-corrected chi connectivity index (χ3v) is 4.76. The molecule has 1 aromatic heterocycles. The molecule has 0 saturated heterocycles. The molecule has 1 aliphatic heterocycles. The topological polar surface area (TPSA) is 107 Å². The van der Waals surface area contributed by atoms with Crippen molar-refractivity contribution in [2.75, 3.05) is 6.67 Å². The molecule has 1 N–H and O–H groups in total. The van der Waals surface area contributed by atoms with Crippen LogP contribution >= 0.6 is 0 Å². The molecular formula is C21H24FN3O5. The average Bonchev–Trinajstić information content (AvgIpc) is 3.09. The van der Waals surface area contributed by atoms with E-state index in [2.05, 4.69) is 10.3 Å². The van der Waals surface area contributed by atoms with Crippen LogP contribution in [0, 0.1) is 0 Å². The van der Waals surface area contributed by atoms with Gasteiger partial charge in [0.15, 0.2) is 5.78 Å². The van der Waals surface area contributed by atoms with E-state index in [1.165, 1.54) is 4.57 Å². The number of benzene rings is 1. The second kappa shape index (κ2) is 8.33. The zero-order chi connectivity index (χ0) is 22.1. The zero-order valence-corrected chi connectivity index (χ0v) is 17.1. The van der Waals surface area contributed by atoms with Crippen LogP contribution in [0.5, 0.6) is 0 Å². The largest absolute Gasteiger partial charge is 0.460 e. The number of Topliss-reactive ketones (excluding diaryl/α,β-unsaturated/α-hetero) is 1. The number of esters is 1. The number of ether oxygens (including phenoxy) is 1. The van der Waals surface area contributed by atoms with Crippen LogP contribution in [-0.2, 0) is 25.5 Å². The summed E-state index contributed by atoms with van der Waals surface area (Å²) in [5.41, 5.74) is -0.589. The maximum Gasteiger partial charge on any atom is 0.308 e. The monoisotopic (exact) mass is 417 g/mol. The Morgan fingerprint density at radius 1 is 1.30 bits per heavy atom. The second-order valence-electron chi connectivity index (χ2n) is 8.23. The first kappa shape index (κ1) is 21.6. The molecule has 0 bridgehead atoms. The quantitative estimate of drug-likeness (QED) is 0.716. The smallest absolute Gasteiger partial charge is 0.308 e. The van der Waals surface area contributed by atoms with Crippen LogP contribution in [0.1, 0.15) is 45.5 Å². The third-order valence-electron chi connectivity index (χ3n) is 4.76. The van der Waals surface area contributed by atoms with Gasteiger partial charge in [-0.1, -0.05) is 12.1 Å². The summed E-state index contributed by atoms with van der Waals surface area (Å²) in [6.07, 6.45) is 0.232. The molecule has 2 heterocycles. The molecule has 0 saturated carbocycles. The van der Waals surface area contributed by atoms with Crippen LogP contribution in [0.25, 0.3) is 10.9 Å². The molecule has 0 radical (unpaired) electrons. The zero-order valence-electron chi connectivity index (χ0n) is 17.1. The van der Waals surface area contributed by atoms with E-state index in [9.17, 15) is 23.6 Å². The average molecular weight is 417 g/mol. The van der Waals surface area contributed by atoms with Crippen molar-refractivity contribution in [3.63, 3.8) is 0 Å². The highest BCUT2D eigenvalue weighted by Crippen LogP contribution is 2.24. The highest BCUT2D eigenvalue weighted by atomic mass is 19.1. The molecule has 1 aliphatic rings. The number of amides is 1. The summed E-state index contributed by atoms with van der Waals surface area (Å²) in [7, 11) is 0. The Labute approximate surface area is 172 Å². The van der Waals surface area contributed by atoms with Crippen LogP contribution in [0.2, 0.25) is 0 Å². The minimum Gasteiger partial charge on any atom is -0.460 e. The Morgan fingerprint density at radius 2 is 2.00 bits per heavy atom. The number of ketones is 1. The molecule has 0 fully saturated rings. The van der Waals surface area contributed by atoms with Gasteiger partial charge in [-0.3, -0.25) is 23.7 Å². The number of carbonyl (C=O) groups excluding carboxylic acids is 3. The van der Waals surface area contributed by atoms with E-state index in [1.807, 2.05) is 0 Å². The lowest BCUT2D eigenvalue weighted by atomic mass is 10.1. The lowest BCUT2D eigenvalue weighted by molar-refractivity contribution is -0.156. The van der Waals surface area contributed by atoms with Crippen molar-refractivity contribution >= 4 is 28.6 Å². The molecule has 30 heavy (non-hydrogen) atoms. The number of aromatic nitrogens is 2.